The van der Waals surface area contributed by atoms with Crippen molar-refractivity contribution in [2.45, 2.75) is 155 Å². The lowest BCUT2D eigenvalue weighted by molar-refractivity contribution is -0.131. The third kappa shape index (κ3) is 33.9. The molecule has 0 atom stereocenters. The molecule has 16 N–H and O–H groups in total. The van der Waals surface area contributed by atoms with Crippen LogP contribution in [-0.4, -0.2) is 182 Å². The van der Waals surface area contributed by atoms with Crippen LogP contribution in [0.4, 0.5) is 21.5 Å². The number of hydrogen-bond acceptors (Lipinski definition) is 15. The average molecular weight is 1090 g/mol. The normalized spacial score (nSPS) is 12.1. The predicted molar refractivity (Wildman–Crippen MR) is 303 cm³/mol. The van der Waals surface area contributed by atoms with Gasteiger partial charge in [0, 0.05) is 91.4 Å². The number of ketones is 1. The van der Waals surface area contributed by atoms with Crippen LogP contribution >= 0.6 is 0 Å². The highest BCUT2D eigenvalue weighted by Crippen LogP contribution is 2.18. The Hall–Kier alpha value is -6.63. The second-order valence-corrected chi connectivity index (χ2v) is 19.7. The van der Waals surface area contributed by atoms with Crippen LogP contribution in [0.3, 0.4) is 0 Å². The summed E-state index contributed by atoms with van der Waals surface area (Å²) in [6.07, 6.45) is 17.4. The summed E-state index contributed by atoms with van der Waals surface area (Å²) in [6, 6.07) is 0. The van der Waals surface area contributed by atoms with Gasteiger partial charge in [0.1, 0.15) is 24.8 Å². The number of piperazine rings is 1. The SMILES string of the molecule is CC(=O)CCCCCCC(=O)N1CCN(c2nc(C)nc(N(CCOC(=O)N(CCCCCCNC(=N)N)CCCCCCNC(=N)N)CCOC(=O)N(CCCCCCNC(=N)N)CCCCCCNC(=N)N)n2)CC1. The fraction of sp³-hybridized carbons (Fsp3) is 0.784. The molecule has 1 aromatic heterocycles. The molecular formula is C51H98N20O6. The van der Waals surface area contributed by atoms with E-state index in [9.17, 15) is 19.2 Å². The van der Waals surface area contributed by atoms with E-state index in [4.69, 9.17) is 69.0 Å². The van der Waals surface area contributed by atoms with Crippen LogP contribution in [0.2, 0.25) is 0 Å². The summed E-state index contributed by atoms with van der Waals surface area (Å²) < 4.78 is 12.0. The molecule has 26 nitrogen and oxygen atoms in total. The van der Waals surface area contributed by atoms with Crippen LogP contribution < -0.4 is 54.0 Å². The van der Waals surface area contributed by atoms with E-state index in [1.807, 2.05) is 14.7 Å². The Morgan fingerprint density at radius 1 is 0.494 bits per heavy atom. The Morgan fingerprint density at radius 2 is 0.857 bits per heavy atom. The summed E-state index contributed by atoms with van der Waals surface area (Å²) in [4.78, 5) is 75.6. The van der Waals surface area contributed by atoms with Crippen molar-refractivity contribution in [3.8, 4) is 0 Å². The maximum Gasteiger partial charge on any atom is 0.409 e. The largest absolute Gasteiger partial charge is 0.448 e. The maximum absolute atomic E-state index is 13.8. The smallest absolute Gasteiger partial charge is 0.409 e. The van der Waals surface area contributed by atoms with Crippen LogP contribution in [-0.2, 0) is 19.1 Å². The number of carbonyl (C=O) groups excluding carboxylic acids is 4. The Balaban J connectivity index is 2.22. The summed E-state index contributed by atoms with van der Waals surface area (Å²) in [7, 11) is 0. The van der Waals surface area contributed by atoms with Gasteiger partial charge in [0.25, 0.3) is 0 Å². The van der Waals surface area contributed by atoms with Gasteiger partial charge in [0.2, 0.25) is 17.8 Å². The first-order valence-corrected chi connectivity index (χ1v) is 28.2. The zero-order chi connectivity index (χ0) is 56.5. The van der Waals surface area contributed by atoms with E-state index in [1.165, 1.54) is 0 Å². The number of anilines is 2. The minimum atomic E-state index is -0.429. The van der Waals surface area contributed by atoms with Gasteiger partial charge >= 0.3 is 12.2 Å². The van der Waals surface area contributed by atoms with E-state index in [0.29, 0.717) is 109 Å². The molecule has 1 saturated heterocycles. The van der Waals surface area contributed by atoms with Crippen LogP contribution in [0.1, 0.15) is 154 Å². The van der Waals surface area contributed by atoms with Crippen molar-refractivity contribution >= 4 is 59.6 Å². The zero-order valence-electron chi connectivity index (χ0n) is 46.7. The Labute approximate surface area is 458 Å². The third-order valence-corrected chi connectivity index (χ3v) is 13.0. The number of rotatable bonds is 43. The van der Waals surface area contributed by atoms with E-state index < -0.39 is 12.2 Å². The van der Waals surface area contributed by atoms with Gasteiger partial charge in [-0.05, 0) is 78.1 Å². The van der Waals surface area contributed by atoms with E-state index in [2.05, 4.69) is 21.3 Å². The Kier molecular flexibility index (Phi) is 35.9. The van der Waals surface area contributed by atoms with Crippen molar-refractivity contribution in [1.29, 1.82) is 21.6 Å². The summed E-state index contributed by atoms with van der Waals surface area (Å²) >= 11 is 0. The minimum Gasteiger partial charge on any atom is -0.448 e. The fourth-order valence-electron chi connectivity index (χ4n) is 8.64. The van der Waals surface area contributed by atoms with Crippen molar-refractivity contribution in [2.75, 3.05) is 115 Å². The lowest BCUT2D eigenvalue weighted by Crippen LogP contribution is -2.49. The highest BCUT2D eigenvalue weighted by Gasteiger charge is 2.25. The fourth-order valence-corrected chi connectivity index (χ4v) is 8.64. The first kappa shape index (κ1) is 66.5. The van der Waals surface area contributed by atoms with Crippen molar-refractivity contribution in [3.63, 3.8) is 0 Å². The van der Waals surface area contributed by atoms with Gasteiger partial charge in [-0.1, -0.05) is 64.2 Å². The molecule has 2 heterocycles. The molecule has 77 heavy (non-hydrogen) atoms. The number of aromatic nitrogens is 3. The molecule has 0 spiro atoms. The highest BCUT2D eigenvalue weighted by atomic mass is 16.6. The van der Waals surface area contributed by atoms with Crippen molar-refractivity contribution in [2.24, 2.45) is 22.9 Å². The summed E-state index contributed by atoms with van der Waals surface area (Å²) in [5, 5.41) is 40.8. The van der Waals surface area contributed by atoms with Gasteiger partial charge in [-0.15, -0.1) is 0 Å². The summed E-state index contributed by atoms with van der Waals surface area (Å²) in [5.74, 6) is 1.38. The number of ether oxygens (including phenoxy) is 2. The van der Waals surface area contributed by atoms with Gasteiger partial charge in [-0.3, -0.25) is 26.4 Å². The Morgan fingerprint density at radius 3 is 1.23 bits per heavy atom. The van der Waals surface area contributed by atoms with Crippen molar-refractivity contribution < 1.29 is 28.7 Å². The molecule has 2 rings (SSSR count). The molecule has 1 aliphatic heterocycles. The first-order valence-electron chi connectivity index (χ1n) is 28.2. The van der Waals surface area contributed by atoms with Gasteiger partial charge in [0.05, 0.1) is 13.1 Å². The molecule has 0 saturated carbocycles. The molecule has 438 valence electrons. The number of nitrogens with one attached hydrogen (secondary N) is 8. The van der Waals surface area contributed by atoms with E-state index in [0.717, 1.165) is 128 Å². The third-order valence-electron chi connectivity index (χ3n) is 13.0. The van der Waals surface area contributed by atoms with Crippen LogP contribution in [0.15, 0.2) is 0 Å². The van der Waals surface area contributed by atoms with Crippen LogP contribution in [0.25, 0.3) is 0 Å². The standard InChI is InChI=1S/C51H98N20O6/c1-41(72)23-13-3-4-14-24-43(73)67-33-35-68(36-34-67)48-64-42(2)65-49(66-48)69(37-39-76-50(74)70(29-19-9-5-15-25-60-44(52)53)30-20-10-6-16-26-61-45(54)55)38-40-77-51(75)71(31-21-11-7-17-27-62-46(56)57)32-22-12-8-18-28-63-47(58)59/h3-40H2,1-2H3,(H4,52,53,60)(H4,54,55,61)(H4,56,57,62)(H4,58,59,63). The molecule has 3 amide bonds. The molecular weight excluding hydrogens is 989 g/mol. The maximum atomic E-state index is 13.8. The zero-order valence-corrected chi connectivity index (χ0v) is 46.7. The van der Waals surface area contributed by atoms with Crippen molar-refractivity contribution in [1.82, 2.24) is 50.9 Å². The number of nitrogens with zero attached hydrogens (tertiary/aromatic N) is 8. The minimum absolute atomic E-state index is 0.00425. The number of aryl methyl sites for hydroxylation is 1. The number of amides is 3. The van der Waals surface area contributed by atoms with Gasteiger partial charge in [0.15, 0.2) is 23.8 Å². The second kappa shape index (κ2) is 41.5. The lowest BCUT2D eigenvalue weighted by atomic mass is 10.1. The molecule has 1 aromatic rings. The molecule has 1 aliphatic rings. The highest BCUT2D eigenvalue weighted by molar-refractivity contribution is 5.77. The molecule has 0 unspecified atom stereocenters. The number of hydrogen-bond donors (Lipinski definition) is 12. The van der Waals surface area contributed by atoms with Crippen LogP contribution in [0.5, 0.6) is 0 Å². The Bertz CT molecular complexity index is 1750. The van der Waals surface area contributed by atoms with Gasteiger partial charge in [-0.25, -0.2) is 9.59 Å². The second-order valence-electron chi connectivity index (χ2n) is 19.7. The quantitative estimate of drug-likeness (QED) is 0.0252. The number of unbranched alkanes of at least 4 members (excludes halogenated alkanes) is 15. The lowest BCUT2D eigenvalue weighted by Gasteiger charge is -2.35. The van der Waals surface area contributed by atoms with Gasteiger partial charge < -0.3 is 83.0 Å². The molecule has 0 aromatic carbocycles. The molecule has 0 bridgehead atoms. The van der Waals surface area contributed by atoms with Gasteiger partial charge in [-0.2, -0.15) is 15.0 Å². The first-order chi connectivity index (χ1) is 37.0. The van der Waals surface area contributed by atoms with E-state index in [-0.39, 0.29) is 61.8 Å². The molecule has 1 fully saturated rings. The van der Waals surface area contributed by atoms with Crippen molar-refractivity contribution in [3.05, 3.63) is 5.82 Å². The molecule has 26 heteroatoms. The van der Waals surface area contributed by atoms with Crippen LogP contribution in [0, 0.1) is 28.6 Å². The monoisotopic (exact) mass is 1090 g/mol. The predicted octanol–water partition coefficient (Wildman–Crippen LogP) is 3.62. The molecule has 0 aliphatic carbocycles. The topological polar surface area (TPSA) is 389 Å². The summed E-state index contributed by atoms with van der Waals surface area (Å²) in [5.41, 5.74) is 21.7. The number of guanidine groups is 4. The number of Topliss-reactive ketones (excluding diaryl/α,β-unsaturated/α-hetero) is 1. The number of nitrogens with two attached hydrogens (primary N) is 4. The average Bonchev–Trinajstić information content (AvgIpc) is 3.38. The number of carbonyl (C=O) groups is 4. The summed E-state index contributed by atoms with van der Waals surface area (Å²) in [6.45, 7) is 10.5. The molecule has 0 radical (unpaired) electrons. The van der Waals surface area contributed by atoms with E-state index >= 15 is 0 Å². The van der Waals surface area contributed by atoms with E-state index in [1.54, 1.807) is 23.6 Å².